The highest BCUT2D eigenvalue weighted by Gasteiger charge is 2.08. The average Bonchev–Trinajstić information content (AvgIpc) is 3.18. The molecule has 6 nitrogen and oxygen atoms in total. The lowest BCUT2D eigenvalue weighted by atomic mass is 10.2. The minimum Gasteiger partial charge on any atom is -0.495 e. The average molecular weight is 433 g/mol. The summed E-state index contributed by atoms with van der Waals surface area (Å²) in [5.74, 6) is 1.83. The van der Waals surface area contributed by atoms with E-state index in [2.05, 4.69) is 10.5 Å². The molecule has 0 atom stereocenters. The van der Waals surface area contributed by atoms with E-state index in [9.17, 15) is 4.79 Å². The van der Waals surface area contributed by atoms with Crippen LogP contribution < -0.4 is 14.9 Å². The maximum Gasteiger partial charge on any atom is 0.277 e. The predicted molar refractivity (Wildman–Crippen MR) is 113 cm³/mol. The normalized spacial score (nSPS) is 10.9. The molecule has 1 N–H and O–H groups in total. The summed E-state index contributed by atoms with van der Waals surface area (Å²) >= 11 is 12.1. The van der Waals surface area contributed by atoms with Crippen LogP contribution >= 0.6 is 23.2 Å². The second-order valence-electron chi connectivity index (χ2n) is 6.04. The zero-order valence-corrected chi connectivity index (χ0v) is 17.3. The summed E-state index contributed by atoms with van der Waals surface area (Å²) in [5, 5.41) is 5.00. The van der Waals surface area contributed by atoms with Crippen molar-refractivity contribution in [2.45, 2.75) is 6.92 Å². The second kappa shape index (κ2) is 9.49. The molecule has 0 aliphatic heterocycles. The Kier molecular flexibility index (Phi) is 6.80. The summed E-state index contributed by atoms with van der Waals surface area (Å²) in [6.07, 6.45) is 1.40. The van der Waals surface area contributed by atoms with Crippen molar-refractivity contribution in [1.82, 2.24) is 5.43 Å². The van der Waals surface area contributed by atoms with Gasteiger partial charge in [-0.25, -0.2) is 5.43 Å². The highest BCUT2D eigenvalue weighted by Crippen LogP contribution is 2.30. The van der Waals surface area contributed by atoms with Gasteiger partial charge in [-0.05, 0) is 61.0 Å². The number of carbonyl (C=O) groups excluding carboxylic acids is 1. The van der Waals surface area contributed by atoms with Crippen LogP contribution in [0.25, 0.3) is 11.3 Å². The monoisotopic (exact) mass is 432 g/mol. The standard InChI is InChI=1S/C21H18Cl2N2O4/c1-13-9-15(4-6-17(13)22)28-12-21(26)25-24-11-16-5-8-19(29-16)14-3-7-20(27-2)18(23)10-14/h3-11H,12H2,1-2H3,(H,25,26). The van der Waals surface area contributed by atoms with E-state index in [-0.39, 0.29) is 6.61 Å². The Morgan fingerprint density at radius 3 is 2.69 bits per heavy atom. The van der Waals surface area contributed by atoms with Gasteiger partial charge in [0.25, 0.3) is 5.91 Å². The van der Waals surface area contributed by atoms with Gasteiger partial charge in [0.15, 0.2) is 6.61 Å². The van der Waals surface area contributed by atoms with Gasteiger partial charge in [-0.2, -0.15) is 5.10 Å². The van der Waals surface area contributed by atoms with Crippen molar-refractivity contribution in [3.63, 3.8) is 0 Å². The van der Waals surface area contributed by atoms with E-state index in [1.165, 1.54) is 6.21 Å². The Labute approximate surface area is 178 Å². The summed E-state index contributed by atoms with van der Waals surface area (Å²) in [6, 6.07) is 14.0. The molecule has 0 aliphatic rings. The lowest BCUT2D eigenvalue weighted by molar-refractivity contribution is -0.123. The number of halogens is 2. The van der Waals surface area contributed by atoms with E-state index in [0.29, 0.717) is 33.1 Å². The minimum absolute atomic E-state index is 0.174. The molecule has 0 bridgehead atoms. The van der Waals surface area contributed by atoms with Gasteiger partial charge in [-0.15, -0.1) is 0 Å². The Morgan fingerprint density at radius 1 is 1.14 bits per heavy atom. The van der Waals surface area contributed by atoms with Gasteiger partial charge >= 0.3 is 0 Å². The van der Waals surface area contributed by atoms with E-state index in [1.54, 1.807) is 49.6 Å². The summed E-state index contributed by atoms with van der Waals surface area (Å²) in [6.45, 7) is 1.68. The maximum absolute atomic E-state index is 11.8. The van der Waals surface area contributed by atoms with Gasteiger partial charge < -0.3 is 13.9 Å². The SMILES string of the molecule is COc1ccc(-c2ccc(C=NNC(=O)COc3ccc(Cl)c(C)c3)o2)cc1Cl. The summed E-state index contributed by atoms with van der Waals surface area (Å²) in [7, 11) is 1.55. The predicted octanol–water partition coefficient (Wildman–Crippen LogP) is 5.10. The first-order chi connectivity index (χ1) is 14.0. The molecule has 1 amide bonds. The second-order valence-corrected chi connectivity index (χ2v) is 6.86. The van der Waals surface area contributed by atoms with Crippen molar-refractivity contribution in [1.29, 1.82) is 0 Å². The third-order valence-electron chi connectivity index (χ3n) is 3.94. The summed E-state index contributed by atoms with van der Waals surface area (Å²) in [5.41, 5.74) is 4.05. The topological polar surface area (TPSA) is 73.1 Å². The highest BCUT2D eigenvalue weighted by atomic mass is 35.5. The van der Waals surface area contributed by atoms with Crippen LogP contribution in [0, 0.1) is 6.92 Å². The van der Waals surface area contributed by atoms with Gasteiger partial charge in [-0.3, -0.25) is 4.79 Å². The molecule has 0 unspecified atom stereocenters. The number of nitrogens with zero attached hydrogens (tertiary/aromatic N) is 1. The molecule has 0 saturated carbocycles. The molecular weight excluding hydrogens is 415 g/mol. The first kappa shape index (κ1) is 20.8. The molecule has 0 spiro atoms. The molecule has 1 heterocycles. The van der Waals surface area contributed by atoms with Crippen molar-refractivity contribution in [3.8, 4) is 22.8 Å². The number of rotatable bonds is 7. The van der Waals surface area contributed by atoms with Gasteiger partial charge in [0.2, 0.25) is 0 Å². The quantitative estimate of drug-likeness (QED) is 0.416. The van der Waals surface area contributed by atoms with Gasteiger partial charge in [0, 0.05) is 10.6 Å². The van der Waals surface area contributed by atoms with Crippen molar-refractivity contribution < 1.29 is 18.7 Å². The number of methoxy groups -OCH3 is 1. The summed E-state index contributed by atoms with van der Waals surface area (Å²) in [4.78, 5) is 11.8. The van der Waals surface area contributed by atoms with E-state index in [1.807, 2.05) is 13.0 Å². The van der Waals surface area contributed by atoms with Crippen LogP contribution in [-0.4, -0.2) is 25.8 Å². The van der Waals surface area contributed by atoms with Gasteiger partial charge in [-0.1, -0.05) is 23.2 Å². The Balaban J connectivity index is 1.53. The van der Waals surface area contributed by atoms with Crippen LogP contribution in [0.2, 0.25) is 10.0 Å². The molecule has 3 aromatic rings. The maximum atomic E-state index is 11.8. The molecule has 29 heavy (non-hydrogen) atoms. The number of hydrazone groups is 1. The number of nitrogens with one attached hydrogen (secondary N) is 1. The zero-order chi connectivity index (χ0) is 20.8. The zero-order valence-electron chi connectivity index (χ0n) is 15.7. The first-order valence-electron chi connectivity index (χ1n) is 8.61. The lowest BCUT2D eigenvalue weighted by Gasteiger charge is -2.06. The van der Waals surface area contributed by atoms with Crippen LogP contribution in [0.1, 0.15) is 11.3 Å². The number of hydrogen-bond donors (Lipinski definition) is 1. The number of carbonyl (C=O) groups is 1. The molecule has 1 aromatic heterocycles. The largest absolute Gasteiger partial charge is 0.495 e. The number of furan rings is 1. The number of ether oxygens (including phenoxy) is 2. The third-order valence-corrected chi connectivity index (χ3v) is 4.66. The molecule has 2 aromatic carbocycles. The fraction of sp³-hybridized carbons (Fsp3) is 0.143. The molecule has 150 valence electrons. The number of benzene rings is 2. The third kappa shape index (κ3) is 5.53. The van der Waals surface area contributed by atoms with Crippen LogP contribution in [0.3, 0.4) is 0 Å². The van der Waals surface area contributed by atoms with Crippen molar-refractivity contribution in [2.24, 2.45) is 5.10 Å². The highest BCUT2D eigenvalue weighted by molar-refractivity contribution is 6.32. The molecule has 3 rings (SSSR count). The Hall–Kier alpha value is -2.96. The lowest BCUT2D eigenvalue weighted by Crippen LogP contribution is -2.24. The van der Waals surface area contributed by atoms with E-state index >= 15 is 0 Å². The van der Waals surface area contributed by atoms with Crippen molar-refractivity contribution in [3.05, 3.63) is 69.9 Å². The summed E-state index contributed by atoms with van der Waals surface area (Å²) < 4.78 is 16.2. The molecule has 0 radical (unpaired) electrons. The minimum atomic E-state index is -0.400. The Morgan fingerprint density at radius 2 is 1.97 bits per heavy atom. The Bertz CT molecular complexity index is 1050. The van der Waals surface area contributed by atoms with E-state index < -0.39 is 5.91 Å². The smallest absolute Gasteiger partial charge is 0.277 e. The fourth-order valence-electron chi connectivity index (χ4n) is 2.45. The van der Waals surface area contributed by atoms with Crippen LogP contribution in [0.5, 0.6) is 11.5 Å². The van der Waals surface area contributed by atoms with Gasteiger partial charge in [0.1, 0.15) is 23.0 Å². The van der Waals surface area contributed by atoms with Crippen molar-refractivity contribution in [2.75, 3.05) is 13.7 Å². The van der Waals surface area contributed by atoms with Gasteiger partial charge in [0.05, 0.1) is 18.3 Å². The van der Waals surface area contributed by atoms with Crippen LogP contribution in [0.15, 0.2) is 58.0 Å². The molecule has 0 saturated heterocycles. The fourth-order valence-corrected chi connectivity index (χ4v) is 2.83. The van der Waals surface area contributed by atoms with Crippen LogP contribution in [-0.2, 0) is 4.79 Å². The first-order valence-corrected chi connectivity index (χ1v) is 9.36. The molecule has 0 aliphatic carbocycles. The number of aryl methyl sites for hydroxylation is 1. The van der Waals surface area contributed by atoms with Crippen LogP contribution in [0.4, 0.5) is 0 Å². The van der Waals surface area contributed by atoms with E-state index in [4.69, 9.17) is 37.1 Å². The van der Waals surface area contributed by atoms with E-state index in [0.717, 1.165) is 11.1 Å². The van der Waals surface area contributed by atoms with Crippen molar-refractivity contribution >= 4 is 35.3 Å². The number of hydrogen-bond acceptors (Lipinski definition) is 5. The number of amides is 1. The molecule has 8 heteroatoms. The molecule has 0 fully saturated rings. The molecular formula is C21H18Cl2N2O4.